The predicted octanol–water partition coefficient (Wildman–Crippen LogP) is 5.58. The van der Waals surface area contributed by atoms with Gasteiger partial charge in [-0.25, -0.2) is 4.39 Å². The van der Waals surface area contributed by atoms with Crippen LogP contribution in [0, 0.1) is 5.82 Å². The third-order valence-electron chi connectivity index (χ3n) is 3.04. The fraction of sp³-hybridized carbons (Fsp3) is 0.188. The summed E-state index contributed by atoms with van der Waals surface area (Å²) in [7, 11) is 0. The standard InChI is InChI=1S/C16H13Cl3FNO2/c1-2-14(23-15-6-4-3-5-12(15)20)16(22)21-13-8-10(18)9(17)7-11(13)19/h3-8,14H,2H2,1H3,(H,21,22)/t14-/m0/s1. The van der Waals surface area contributed by atoms with Crippen LogP contribution < -0.4 is 10.1 Å². The van der Waals surface area contributed by atoms with Gasteiger partial charge in [0, 0.05) is 0 Å². The summed E-state index contributed by atoms with van der Waals surface area (Å²) in [5.74, 6) is -0.989. The van der Waals surface area contributed by atoms with E-state index in [1.165, 1.54) is 24.3 Å². The summed E-state index contributed by atoms with van der Waals surface area (Å²) in [6.45, 7) is 1.75. The Bertz CT molecular complexity index is 724. The van der Waals surface area contributed by atoms with E-state index in [0.29, 0.717) is 12.1 Å². The van der Waals surface area contributed by atoms with Gasteiger partial charge in [-0.2, -0.15) is 0 Å². The second kappa shape index (κ2) is 7.86. The minimum absolute atomic E-state index is 0.00901. The number of halogens is 4. The fourth-order valence-corrected chi connectivity index (χ4v) is 2.44. The first-order valence-corrected chi connectivity index (χ1v) is 7.92. The number of para-hydroxylation sites is 1. The molecule has 0 bridgehead atoms. The Hall–Kier alpha value is -1.49. The molecule has 2 rings (SSSR count). The van der Waals surface area contributed by atoms with Crippen LogP contribution in [0.25, 0.3) is 0 Å². The van der Waals surface area contributed by atoms with Crippen LogP contribution in [-0.2, 0) is 4.79 Å². The Morgan fingerprint density at radius 1 is 1.17 bits per heavy atom. The van der Waals surface area contributed by atoms with E-state index < -0.39 is 17.8 Å². The van der Waals surface area contributed by atoms with Gasteiger partial charge < -0.3 is 10.1 Å². The van der Waals surface area contributed by atoms with Crippen molar-refractivity contribution in [3.63, 3.8) is 0 Å². The SMILES string of the molecule is CC[C@H](Oc1ccccc1F)C(=O)Nc1cc(Cl)c(Cl)cc1Cl. The van der Waals surface area contributed by atoms with Gasteiger partial charge >= 0.3 is 0 Å². The summed E-state index contributed by atoms with van der Waals surface area (Å²) in [6, 6.07) is 8.75. The van der Waals surface area contributed by atoms with Gasteiger partial charge in [0.1, 0.15) is 0 Å². The van der Waals surface area contributed by atoms with Crippen molar-refractivity contribution in [1.82, 2.24) is 0 Å². The molecule has 1 atom stereocenters. The number of hydrogen-bond donors (Lipinski definition) is 1. The molecule has 0 aromatic heterocycles. The smallest absolute Gasteiger partial charge is 0.265 e. The van der Waals surface area contributed by atoms with Crippen LogP contribution in [-0.4, -0.2) is 12.0 Å². The third kappa shape index (κ3) is 4.50. The number of carbonyl (C=O) groups excluding carboxylic acids is 1. The van der Waals surface area contributed by atoms with Crippen molar-refractivity contribution in [1.29, 1.82) is 0 Å². The van der Waals surface area contributed by atoms with Gasteiger partial charge in [0.05, 0.1) is 20.8 Å². The molecule has 0 fully saturated rings. The first-order valence-electron chi connectivity index (χ1n) is 6.79. The molecule has 0 radical (unpaired) electrons. The molecule has 0 aliphatic rings. The highest BCUT2D eigenvalue weighted by molar-refractivity contribution is 6.44. The summed E-state index contributed by atoms with van der Waals surface area (Å²) in [5.41, 5.74) is 0.307. The van der Waals surface area contributed by atoms with Gasteiger partial charge in [0.25, 0.3) is 5.91 Å². The quantitative estimate of drug-likeness (QED) is 0.692. The van der Waals surface area contributed by atoms with Crippen molar-refractivity contribution < 1.29 is 13.9 Å². The monoisotopic (exact) mass is 375 g/mol. The van der Waals surface area contributed by atoms with E-state index in [1.54, 1.807) is 19.1 Å². The number of anilines is 1. The zero-order valence-electron chi connectivity index (χ0n) is 12.1. The number of nitrogens with one attached hydrogen (secondary N) is 1. The van der Waals surface area contributed by atoms with Crippen molar-refractivity contribution in [3.8, 4) is 5.75 Å². The van der Waals surface area contributed by atoms with Gasteiger partial charge in [-0.15, -0.1) is 0 Å². The molecule has 0 saturated heterocycles. The average Bonchev–Trinajstić information content (AvgIpc) is 2.51. The number of ether oxygens (including phenoxy) is 1. The largest absolute Gasteiger partial charge is 0.478 e. The molecular weight excluding hydrogens is 364 g/mol. The number of carbonyl (C=O) groups is 1. The lowest BCUT2D eigenvalue weighted by molar-refractivity contribution is -0.122. The lowest BCUT2D eigenvalue weighted by Crippen LogP contribution is -2.32. The zero-order valence-corrected chi connectivity index (χ0v) is 14.3. The van der Waals surface area contributed by atoms with Crippen LogP contribution in [0.4, 0.5) is 10.1 Å². The van der Waals surface area contributed by atoms with E-state index in [0.717, 1.165) is 0 Å². The molecule has 0 aliphatic carbocycles. The summed E-state index contributed by atoms with van der Waals surface area (Å²) in [4.78, 5) is 12.3. The number of amides is 1. The molecular formula is C16H13Cl3FNO2. The number of benzene rings is 2. The topological polar surface area (TPSA) is 38.3 Å². The average molecular weight is 377 g/mol. The van der Waals surface area contributed by atoms with E-state index >= 15 is 0 Å². The Balaban J connectivity index is 2.15. The lowest BCUT2D eigenvalue weighted by Gasteiger charge is -2.18. The minimum Gasteiger partial charge on any atom is -0.478 e. The lowest BCUT2D eigenvalue weighted by atomic mass is 10.2. The molecule has 23 heavy (non-hydrogen) atoms. The van der Waals surface area contributed by atoms with Crippen molar-refractivity contribution in [2.75, 3.05) is 5.32 Å². The van der Waals surface area contributed by atoms with Crippen LogP contribution in [0.1, 0.15) is 13.3 Å². The first kappa shape index (κ1) is 17.9. The highest BCUT2D eigenvalue weighted by Crippen LogP contribution is 2.32. The van der Waals surface area contributed by atoms with E-state index in [-0.39, 0.29) is 20.8 Å². The Labute approximate surface area is 148 Å². The zero-order chi connectivity index (χ0) is 17.0. The highest BCUT2D eigenvalue weighted by atomic mass is 35.5. The normalized spacial score (nSPS) is 11.9. The van der Waals surface area contributed by atoms with E-state index in [2.05, 4.69) is 5.32 Å². The Kier molecular flexibility index (Phi) is 6.10. The van der Waals surface area contributed by atoms with Gasteiger partial charge in [-0.05, 0) is 30.7 Å². The maximum absolute atomic E-state index is 13.6. The van der Waals surface area contributed by atoms with Crippen molar-refractivity contribution in [2.45, 2.75) is 19.4 Å². The second-order valence-electron chi connectivity index (χ2n) is 4.68. The van der Waals surface area contributed by atoms with Crippen LogP contribution in [0.15, 0.2) is 36.4 Å². The van der Waals surface area contributed by atoms with Crippen molar-refractivity contribution >= 4 is 46.4 Å². The van der Waals surface area contributed by atoms with E-state index in [9.17, 15) is 9.18 Å². The first-order chi connectivity index (χ1) is 10.9. The van der Waals surface area contributed by atoms with Gasteiger partial charge in [-0.1, -0.05) is 53.9 Å². The highest BCUT2D eigenvalue weighted by Gasteiger charge is 2.21. The molecule has 0 heterocycles. The molecule has 0 spiro atoms. The minimum atomic E-state index is -0.877. The molecule has 1 N–H and O–H groups in total. The van der Waals surface area contributed by atoms with E-state index in [4.69, 9.17) is 39.5 Å². The summed E-state index contributed by atoms with van der Waals surface area (Å²) < 4.78 is 19.1. The number of rotatable bonds is 5. The van der Waals surface area contributed by atoms with Gasteiger partial charge in [0.15, 0.2) is 17.7 Å². The predicted molar refractivity (Wildman–Crippen MR) is 91.2 cm³/mol. The van der Waals surface area contributed by atoms with Crippen LogP contribution >= 0.6 is 34.8 Å². The molecule has 0 unspecified atom stereocenters. The fourth-order valence-electron chi connectivity index (χ4n) is 1.85. The van der Waals surface area contributed by atoms with Crippen molar-refractivity contribution in [2.24, 2.45) is 0 Å². The molecule has 7 heteroatoms. The third-order valence-corrected chi connectivity index (χ3v) is 4.07. The molecule has 0 saturated carbocycles. The number of hydrogen-bond acceptors (Lipinski definition) is 2. The van der Waals surface area contributed by atoms with Crippen LogP contribution in [0.3, 0.4) is 0 Å². The summed E-state index contributed by atoms with van der Waals surface area (Å²) in [6.07, 6.45) is -0.531. The van der Waals surface area contributed by atoms with E-state index in [1.807, 2.05) is 0 Å². The molecule has 0 aliphatic heterocycles. The van der Waals surface area contributed by atoms with Crippen molar-refractivity contribution in [3.05, 3.63) is 57.3 Å². The maximum atomic E-state index is 13.6. The van der Waals surface area contributed by atoms with Gasteiger partial charge in [-0.3, -0.25) is 4.79 Å². The molecule has 122 valence electrons. The summed E-state index contributed by atoms with van der Waals surface area (Å²) >= 11 is 17.8. The molecule has 3 nitrogen and oxygen atoms in total. The second-order valence-corrected chi connectivity index (χ2v) is 5.90. The molecule has 2 aromatic carbocycles. The summed E-state index contributed by atoms with van der Waals surface area (Å²) in [5, 5.41) is 3.39. The van der Waals surface area contributed by atoms with Crippen LogP contribution in [0.5, 0.6) is 5.75 Å². The molecule has 2 aromatic rings. The molecule has 1 amide bonds. The maximum Gasteiger partial charge on any atom is 0.265 e. The Morgan fingerprint density at radius 3 is 2.48 bits per heavy atom. The van der Waals surface area contributed by atoms with Crippen LogP contribution in [0.2, 0.25) is 15.1 Å². The Morgan fingerprint density at radius 2 is 1.83 bits per heavy atom. The van der Waals surface area contributed by atoms with Gasteiger partial charge in [0.2, 0.25) is 0 Å².